The number of amides is 1. The van der Waals surface area contributed by atoms with Crippen LogP contribution in [0, 0.1) is 12.3 Å². The molecular formula is C23H22N6OS2. The van der Waals surface area contributed by atoms with Gasteiger partial charge < -0.3 is 15.6 Å². The Kier molecular flexibility index (Phi) is 5.30. The number of thioether (sulfide) groups is 2. The molecule has 3 aromatic rings. The SMILES string of the molecule is CC(=O)NC1SC2=C(CSc3c(-c4ccc(C)nc4)nn(-c4ccc(C=N)cc4)c32)N1C. The van der Waals surface area contributed by atoms with Crippen molar-refractivity contribution in [3.05, 3.63) is 65.2 Å². The zero-order valence-electron chi connectivity index (χ0n) is 17.9. The fraction of sp³-hybridized carbons (Fsp3) is 0.217. The van der Waals surface area contributed by atoms with Gasteiger partial charge in [0.2, 0.25) is 5.91 Å². The van der Waals surface area contributed by atoms with Crippen LogP contribution in [-0.2, 0) is 4.79 Å². The van der Waals surface area contributed by atoms with Crippen molar-refractivity contribution in [3.8, 4) is 16.9 Å². The first-order valence-corrected chi connectivity index (χ1v) is 12.0. The maximum absolute atomic E-state index is 11.7. The second-order valence-electron chi connectivity index (χ2n) is 7.71. The third kappa shape index (κ3) is 3.51. The Labute approximate surface area is 194 Å². The summed E-state index contributed by atoms with van der Waals surface area (Å²) in [6.07, 6.45) is 3.21. The Bertz CT molecular complexity index is 1250. The number of aromatic nitrogens is 3. The number of hydrogen-bond acceptors (Lipinski definition) is 7. The van der Waals surface area contributed by atoms with E-state index in [1.54, 1.807) is 30.4 Å². The quantitative estimate of drug-likeness (QED) is 0.568. The highest BCUT2D eigenvalue weighted by Crippen LogP contribution is 2.52. The highest BCUT2D eigenvalue weighted by Gasteiger charge is 2.38. The lowest BCUT2D eigenvalue weighted by atomic mass is 10.1. The Hall–Kier alpha value is -3.04. The number of carbonyl (C=O) groups is 1. The van der Waals surface area contributed by atoms with E-state index in [0.29, 0.717) is 0 Å². The topological polar surface area (TPSA) is 86.9 Å². The van der Waals surface area contributed by atoms with E-state index in [9.17, 15) is 4.79 Å². The monoisotopic (exact) mass is 462 g/mol. The van der Waals surface area contributed by atoms with Crippen LogP contribution in [0.15, 0.2) is 53.2 Å². The number of nitrogens with zero attached hydrogens (tertiary/aromatic N) is 4. The second-order valence-corrected chi connectivity index (χ2v) is 9.78. The third-order valence-corrected chi connectivity index (χ3v) is 7.91. The van der Waals surface area contributed by atoms with Crippen LogP contribution < -0.4 is 5.32 Å². The molecule has 1 aromatic carbocycles. The van der Waals surface area contributed by atoms with Crippen LogP contribution in [0.1, 0.15) is 23.9 Å². The lowest BCUT2D eigenvalue weighted by Crippen LogP contribution is -2.40. The highest BCUT2D eigenvalue weighted by atomic mass is 32.2. The summed E-state index contributed by atoms with van der Waals surface area (Å²) in [4.78, 5) is 20.6. The van der Waals surface area contributed by atoms with Gasteiger partial charge in [-0.25, -0.2) is 4.68 Å². The fourth-order valence-electron chi connectivity index (χ4n) is 3.80. The van der Waals surface area contributed by atoms with Gasteiger partial charge in [-0.3, -0.25) is 9.78 Å². The van der Waals surface area contributed by atoms with E-state index in [-0.39, 0.29) is 11.4 Å². The van der Waals surface area contributed by atoms with Gasteiger partial charge in [0, 0.05) is 49.1 Å². The molecule has 2 aliphatic rings. The molecule has 1 amide bonds. The van der Waals surface area contributed by atoms with Gasteiger partial charge >= 0.3 is 0 Å². The van der Waals surface area contributed by atoms with Gasteiger partial charge in [0.1, 0.15) is 5.69 Å². The van der Waals surface area contributed by atoms with Crippen molar-refractivity contribution in [1.82, 2.24) is 25.0 Å². The minimum atomic E-state index is -0.141. The number of rotatable bonds is 4. The molecule has 0 saturated carbocycles. The number of pyridine rings is 1. The zero-order valence-corrected chi connectivity index (χ0v) is 19.5. The normalized spacial score (nSPS) is 17.2. The molecule has 32 heavy (non-hydrogen) atoms. The molecule has 0 aliphatic carbocycles. The predicted molar refractivity (Wildman–Crippen MR) is 130 cm³/mol. The number of benzene rings is 1. The van der Waals surface area contributed by atoms with Crippen LogP contribution in [0.25, 0.3) is 21.8 Å². The number of carbonyl (C=O) groups excluding carboxylic acids is 1. The van der Waals surface area contributed by atoms with Crippen LogP contribution in [0.5, 0.6) is 0 Å². The molecule has 1 atom stereocenters. The van der Waals surface area contributed by atoms with Crippen molar-refractivity contribution < 1.29 is 4.79 Å². The molecule has 162 valence electrons. The van der Waals surface area contributed by atoms with Crippen LogP contribution in [0.2, 0.25) is 0 Å². The standard InChI is InChI=1S/C23H22N6OS2/c1-13-4-7-16(11-25-13)19-22-20(29(27-19)17-8-5-15(10-24)6-9-17)21-18(12-31-22)28(3)23(32-21)26-14(2)30/h4-11,23-24H,12H2,1-3H3,(H,26,30). The molecule has 0 bridgehead atoms. The molecule has 2 aromatic heterocycles. The van der Waals surface area contributed by atoms with E-state index in [4.69, 9.17) is 10.5 Å². The van der Waals surface area contributed by atoms with Crippen LogP contribution >= 0.6 is 23.5 Å². The molecule has 5 rings (SSSR count). The summed E-state index contributed by atoms with van der Waals surface area (Å²) in [5.41, 5.74) is 6.72. The Morgan fingerprint density at radius 3 is 2.69 bits per heavy atom. The van der Waals surface area contributed by atoms with Gasteiger partial charge in [-0.15, -0.1) is 11.8 Å². The number of aryl methyl sites for hydroxylation is 1. The van der Waals surface area contributed by atoms with Crippen molar-refractivity contribution >= 4 is 40.6 Å². The molecule has 1 unspecified atom stereocenters. The number of fused-ring (bicyclic) bond motifs is 2. The molecule has 0 saturated heterocycles. The molecule has 2 aliphatic heterocycles. The largest absolute Gasteiger partial charge is 0.347 e. The van der Waals surface area contributed by atoms with Crippen molar-refractivity contribution in [2.45, 2.75) is 24.2 Å². The van der Waals surface area contributed by atoms with Crippen molar-refractivity contribution in [2.24, 2.45) is 0 Å². The molecule has 0 spiro atoms. The minimum Gasteiger partial charge on any atom is -0.347 e. The van der Waals surface area contributed by atoms with E-state index >= 15 is 0 Å². The van der Waals surface area contributed by atoms with Gasteiger partial charge in [-0.1, -0.05) is 23.9 Å². The van der Waals surface area contributed by atoms with Gasteiger partial charge in [-0.05, 0) is 36.8 Å². The first-order chi connectivity index (χ1) is 15.5. The van der Waals surface area contributed by atoms with Gasteiger partial charge in [0.25, 0.3) is 0 Å². The summed E-state index contributed by atoms with van der Waals surface area (Å²) in [7, 11) is 2.02. The minimum absolute atomic E-state index is 0.0516. The van der Waals surface area contributed by atoms with Crippen molar-refractivity contribution in [1.29, 1.82) is 5.41 Å². The first-order valence-electron chi connectivity index (χ1n) is 10.2. The Morgan fingerprint density at radius 1 is 1.25 bits per heavy atom. The Morgan fingerprint density at radius 2 is 2.03 bits per heavy atom. The summed E-state index contributed by atoms with van der Waals surface area (Å²) in [6.45, 7) is 3.52. The molecule has 9 heteroatoms. The van der Waals surface area contributed by atoms with Crippen molar-refractivity contribution in [3.63, 3.8) is 0 Å². The van der Waals surface area contributed by atoms with E-state index < -0.39 is 0 Å². The van der Waals surface area contributed by atoms with Gasteiger partial charge in [-0.2, -0.15) is 5.10 Å². The average molecular weight is 463 g/mol. The maximum atomic E-state index is 11.7. The summed E-state index contributed by atoms with van der Waals surface area (Å²) in [5.74, 6) is 0.761. The number of nitrogens with one attached hydrogen (secondary N) is 2. The lowest BCUT2D eigenvalue weighted by Gasteiger charge is -2.25. The number of hydrogen-bond donors (Lipinski definition) is 2. The lowest BCUT2D eigenvalue weighted by molar-refractivity contribution is -0.119. The summed E-state index contributed by atoms with van der Waals surface area (Å²) in [5, 5.41) is 15.6. The maximum Gasteiger partial charge on any atom is 0.219 e. The molecule has 2 N–H and O–H groups in total. The molecular weight excluding hydrogens is 440 g/mol. The second kappa shape index (κ2) is 8.14. The molecule has 4 heterocycles. The van der Waals surface area contributed by atoms with Crippen LogP contribution in [-0.4, -0.2) is 50.1 Å². The molecule has 0 radical (unpaired) electrons. The summed E-state index contributed by atoms with van der Waals surface area (Å²) < 4.78 is 1.98. The van der Waals surface area contributed by atoms with Crippen LogP contribution in [0.3, 0.4) is 0 Å². The third-order valence-electron chi connectivity index (χ3n) is 5.50. The zero-order chi connectivity index (χ0) is 22.4. The van der Waals surface area contributed by atoms with Gasteiger partial charge in [0.05, 0.1) is 21.2 Å². The summed E-state index contributed by atoms with van der Waals surface area (Å²) >= 11 is 3.41. The van der Waals surface area contributed by atoms with Crippen LogP contribution in [0.4, 0.5) is 0 Å². The van der Waals surface area contributed by atoms with E-state index in [2.05, 4.69) is 21.3 Å². The van der Waals surface area contributed by atoms with E-state index in [1.807, 2.05) is 55.2 Å². The predicted octanol–water partition coefficient (Wildman–Crippen LogP) is 4.11. The average Bonchev–Trinajstić information content (AvgIpc) is 3.32. The highest BCUT2D eigenvalue weighted by molar-refractivity contribution is 8.09. The Balaban J connectivity index is 1.68. The fourth-order valence-corrected chi connectivity index (χ4v) is 6.59. The summed E-state index contributed by atoms with van der Waals surface area (Å²) in [6, 6.07) is 11.9. The molecule has 0 fully saturated rings. The van der Waals surface area contributed by atoms with Gasteiger partial charge in [0.15, 0.2) is 5.50 Å². The van der Waals surface area contributed by atoms with E-state index in [0.717, 1.165) is 49.4 Å². The first kappa shape index (κ1) is 20.8. The van der Waals surface area contributed by atoms with Crippen molar-refractivity contribution in [2.75, 3.05) is 12.8 Å². The molecule has 7 nitrogen and oxygen atoms in total. The smallest absolute Gasteiger partial charge is 0.219 e. The van der Waals surface area contributed by atoms with E-state index in [1.165, 1.54) is 11.9 Å².